The smallest absolute Gasteiger partial charge is 0.224 e. The predicted octanol–water partition coefficient (Wildman–Crippen LogP) is -0.126. The van der Waals surface area contributed by atoms with Gasteiger partial charge in [0.2, 0.25) is 5.91 Å². The third-order valence-electron chi connectivity index (χ3n) is 2.60. The second-order valence-corrected chi connectivity index (χ2v) is 3.49. The van der Waals surface area contributed by atoms with Crippen LogP contribution in [0.5, 0.6) is 0 Å². The number of hydrogen-bond donors (Lipinski definition) is 2. The molecular formula is C8H14N2O. The summed E-state index contributed by atoms with van der Waals surface area (Å²) < 4.78 is 0. The minimum atomic E-state index is 0.238. The van der Waals surface area contributed by atoms with Crippen LogP contribution < -0.4 is 10.6 Å². The second-order valence-electron chi connectivity index (χ2n) is 3.49. The van der Waals surface area contributed by atoms with E-state index < -0.39 is 0 Å². The zero-order valence-corrected chi connectivity index (χ0v) is 6.60. The second kappa shape index (κ2) is 2.81. The molecule has 11 heavy (non-hydrogen) atoms. The van der Waals surface area contributed by atoms with Gasteiger partial charge < -0.3 is 10.6 Å². The summed E-state index contributed by atoms with van der Waals surface area (Å²) >= 11 is 0. The lowest BCUT2D eigenvalue weighted by atomic mass is 10.0. The average Bonchev–Trinajstić information content (AvgIpc) is 2.16. The Balaban J connectivity index is 2.14. The third-order valence-corrected chi connectivity index (χ3v) is 2.60. The maximum atomic E-state index is 11.3. The number of fused-ring (bicyclic) bond motifs is 3. The van der Waals surface area contributed by atoms with E-state index in [1.807, 2.05) is 0 Å². The van der Waals surface area contributed by atoms with Gasteiger partial charge in [-0.25, -0.2) is 0 Å². The molecule has 2 fully saturated rings. The van der Waals surface area contributed by atoms with E-state index in [1.54, 1.807) is 0 Å². The first-order valence-corrected chi connectivity index (χ1v) is 4.37. The normalized spacial score (nSPS) is 37.6. The Kier molecular flexibility index (Phi) is 1.82. The highest BCUT2D eigenvalue weighted by atomic mass is 16.2. The summed E-state index contributed by atoms with van der Waals surface area (Å²) in [5, 5.41) is 6.34. The topological polar surface area (TPSA) is 41.1 Å². The molecule has 62 valence electrons. The maximum Gasteiger partial charge on any atom is 0.224 e. The summed E-state index contributed by atoms with van der Waals surface area (Å²) in [4.78, 5) is 11.3. The van der Waals surface area contributed by atoms with E-state index in [0.29, 0.717) is 6.04 Å². The van der Waals surface area contributed by atoms with E-state index in [9.17, 15) is 4.79 Å². The van der Waals surface area contributed by atoms with Crippen LogP contribution in [0.4, 0.5) is 0 Å². The largest absolute Gasteiger partial charge is 0.352 e. The first-order valence-electron chi connectivity index (χ1n) is 4.37. The van der Waals surface area contributed by atoms with Crippen molar-refractivity contribution in [2.24, 2.45) is 5.92 Å². The van der Waals surface area contributed by atoms with Gasteiger partial charge in [0.25, 0.3) is 0 Å². The Morgan fingerprint density at radius 1 is 1.27 bits per heavy atom. The number of rotatable bonds is 0. The van der Waals surface area contributed by atoms with Crippen LogP contribution in [0.1, 0.15) is 19.3 Å². The molecular weight excluding hydrogens is 140 g/mol. The van der Waals surface area contributed by atoms with E-state index in [4.69, 9.17) is 0 Å². The first-order chi connectivity index (χ1) is 5.36. The van der Waals surface area contributed by atoms with Crippen LogP contribution >= 0.6 is 0 Å². The predicted molar refractivity (Wildman–Crippen MR) is 42.1 cm³/mol. The zero-order valence-electron chi connectivity index (χ0n) is 6.60. The van der Waals surface area contributed by atoms with E-state index in [2.05, 4.69) is 10.6 Å². The van der Waals surface area contributed by atoms with Gasteiger partial charge in [0.1, 0.15) is 0 Å². The fourth-order valence-corrected chi connectivity index (χ4v) is 1.91. The van der Waals surface area contributed by atoms with Crippen LogP contribution in [-0.2, 0) is 4.79 Å². The Labute approximate surface area is 66.5 Å². The number of carbonyl (C=O) groups is 1. The lowest BCUT2D eigenvalue weighted by Crippen LogP contribution is -2.37. The van der Waals surface area contributed by atoms with Gasteiger partial charge in [0.05, 0.1) is 5.92 Å². The monoisotopic (exact) mass is 154 g/mol. The highest BCUT2D eigenvalue weighted by molar-refractivity contribution is 5.79. The number of carbonyl (C=O) groups excluding carboxylic acids is 1. The lowest BCUT2D eigenvalue weighted by molar-refractivity contribution is -0.124. The van der Waals surface area contributed by atoms with Crippen molar-refractivity contribution < 1.29 is 4.79 Å². The van der Waals surface area contributed by atoms with Gasteiger partial charge in [-0.2, -0.15) is 0 Å². The summed E-state index contributed by atoms with van der Waals surface area (Å²) in [5.74, 6) is 0.500. The van der Waals surface area contributed by atoms with Crippen molar-refractivity contribution in [2.75, 3.05) is 13.1 Å². The van der Waals surface area contributed by atoms with Crippen molar-refractivity contribution in [3.8, 4) is 0 Å². The van der Waals surface area contributed by atoms with E-state index in [1.165, 1.54) is 6.42 Å². The molecule has 2 aliphatic rings. The van der Waals surface area contributed by atoms with Gasteiger partial charge in [0, 0.05) is 19.1 Å². The van der Waals surface area contributed by atoms with Gasteiger partial charge in [0.15, 0.2) is 0 Å². The van der Waals surface area contributed by atoms with Crippen molar-refractivity contribution in [2.45, 2.75) is 25.3 Å². The maximum absolute atomic E-state index is 11.3. The molecule has 2 rings (SSSR count). The van der Waals surface area contributed by atoms with Crippen LogP contribution in [0.2, 0.25) is 0 Å². The van der Waals surface area contributed by atoms with Crippen LogP contribution in [0, 0.1) is 5.92 Å². The van der Waals surface area contributed by atoms with E-state index >= 15 is 0 Å². The van der Waals surface area contributed by atoms with Crippen molar-refractivity contribution in [3.63, 3.8) is 0 Å². The van der Waals surface area contributed by atoms with E-state index in [0.717, 1.165) is 25.9 Å². The summed E-state index contributed by atoms with van der Waals surface area (Å²) in [7, 11) is 0. The molecule has 0 radical (unpaired) electrons. The molecule has 0 aromatic carbocycles. The summed E-state index contributed by atoms with van der Waals surface area (Å²) in [6, 6.07) is 0.398. The molecule has 2 atom stereocenters. The van der Waals surface area contributed by atoms with E-state index in [-0.39, 0.29) is 11.8 Å². The molecule has 2 aliphatic heterocycles. The Morgan fingerprint density at radius 3 is 3.09 bits per heavy atom. The number of nitrogens with one attached hydrogen (secondary N) is 2. The van der Waals surface area contributed by atoms with Crippen molar-refractivity contribution >= 4 is 5.91 Å². The molecule has 0 aliphatic carbocycles. The average molecular weight is 154 g/mol. The highest BCUT2D eigenvalue weighted by Gasteiger charge is 2.27. The van der Waals surface area contributed by atoms with Gasteiger partial charge in [-0.15, -0.1) is 0 Å². The van der Waals surface area contributed by atoms with Crippen molar-refractivity contribution in [1.29, 1.82) is 0 Å². The summed E-state index contributed by atoms with van der Waals surface area (Å²) in [6.45, 7) is 1.84. The minimum Gasteiger partial charge on any atom is -0.352 e. The standard InChI is InChI=1S/C8H14N2O/c11-8-6-2-1-3-7(10-8)5-9-4-6/h6-7,9H,1-5H2,(H,10,11)/t6-,7-/m0/s1. The third kappa shape index (κ3) is 1.38. The number of amides is 1. The molecule has 0 aromatic rings. The molecule has 0 unspecified atom stereocenters. The molecule has 0 spiro atoms. The minimum absolute atomic E-state index is 0.238. The Bertz CT molecular complexity index is 159. The molecule has 1 amide bonds. The fraction of sp³-hybridized carbons (Fsp3) is 0.875. The SMILES string of the molecule is O=C1N[C@H]2CCC[C@H]1CNC2. The van der Waals surface area contributed by atoms with Crippen molar-refractivity contribution in [3.05, 3.63) is 0 Å². The number of hydrogen-bond acceptors (Lipinski definition) is 2. The molecule has 2 heterocycles. The van der Waals surface area contributed by atoms with Gasteiger partial charge in [-0.05, 0) is 12.8 Å². The quantitative estimate of drug-likeness (QED) is 0.510. The molecule has 0 aromatic heterocycles. The molecule has 2 saturated heterocycles. The van der Waals surface area contributed by atoms with Crippen LogP contribution in [-0.4, -0.2) is 25.0 Å². The zero-order chi connectivity index (χ0) is 7.68. The molecule has 3 nitrogen and oxygen atoms in total. The summed E-state index contributed by atoms with van der Waals surface area (Å²) in [5.41, 5.74) is 0. The van der Waals surface area contributed by atoms with Crippen LogP contribution in [0.3, 0.4) is 0 Å². The van der Waals surface area contributed by atoms with Crippen LogP contribution in [0.15, 0.2) is 0 Å². The summed E-state index contributed by atoms with van der Waals surface area (Å²) in [6.07, 6.45) is 3.42. The van der Waals surface area contributed by atoms with Gasteiger partial charge >= 0.3 is 0 Å². The molecule has 2 N–H and O–H groups in total. The van der Waals surface area contributed by atoms with Gasteiger partial charge in [-0.1, -0.05) is 6.42 Å². The fourth-order valence-electron chi connectivity index (χ4n) is 1.91. The first kappa shape index (κ1) is 7.10. The Morgan fingerprint density at radius 2 is 2.18 bits per heavy atom. The Hall–Kier alpha value is -0.570. The lowest BCUT2D eigenvalue weighted by Gasteiger charge is -2.14. The highest BCUT2D eigenvalue weighted by Crippen LogP contribution is 2.17. The molecule has 0 saturated carbocycles. The molecule has 2 bridgehead atoms. The molecule has 3 heteroatoms. The van der Waals surface area contributed by atoms with Crippen LogP contribution in [0.25, 0.3) is 0 Å². The van der Waals surface area contributed by atoms with Gasteiger partial charge in [-0.3, -0.25) is 4.79 Å². The van der Waals surface area contributed by atoms with Crippen molar-refractivity contribution in [1.82, 2.24) is 10.6 Å².